The highest BCUT2D eigenvalue weighted by Gasteiger charge is 2.26. The molecule has 2 atom stereocenters. The number of carboxylic acid groups (broad SMARTS) is 1. The molecule has 1 rings (SSSR count). The van der Waals surface area contributed by atoms with Crippen LogP contribution in [0.15, 0.2) is 10.6 Å². The average molecular weight is 240 g/mol. The normalized spacial score (nSPS) is 14.1. The highest BCUT2D eigenvalue weighted by molar-refractivity contribution is 5.94. The molecule has 1 aromatic rings. The van der Waals surface area contributed by atoms with Gasteiger partial charge in [0.1, 0.15) is 6.04 Å². The molecule has 1 amide bonds. The lowest BCUT2D eigenvalue weighted by Crippen LogP contribution is -2.44. The molecule has 0 saturated carbocycles. The van der Waals surface area contributed by atoms with Crippen molar-refractivity contribution in [3.63, 3.8) is 0 Å². The van der Waals surface area contributed by atoms with Crippen LogP contribution in [0.3, 0.4) is 0 Å². The van der Waals surface area contributed by atoms with Crippen molar-refractivity contribution in [3.8, 4) is 0 Å². The van der Waals surface area contributed by atoms with Crippen molar-refractivity contribution in [3.05, 3.63) is 17.8 Å². The minimum Gasteiger partial charge on any atom is -0.480 e. The number of hydrogen-bond acceptors (Lipinski definition) is 4. The molecule has 0 aliphatic rings. The number of nitrogens with zero attached hydrogens (tertiary/aromatic N) is 1. The van der Waals surface area contributed by atoms with Crippen molar-refractivity contribution in [1.29, 1.82) is 0 Å². The van der Waals surface area contributed by atoms with Crippen molar-refractivity contribution in [2.75, 3.05) is 0 Å². The summed E-state index contributed by atoms with van der Waals surface area (Å²) in [6.07, 6.45) is 1.94. The van der Waals surface area contributed by atoms with Gasteiger partial charge in [0.15, 0.2) is 5.89 Å². The van der Waals surface area contributed by atoms with Gasteiger partial charge in [0.25, 0.3) is 5.91 Å². The van der Waals surface area contributed by atoms with Gasteiger partial charge in [-0.25, -0.2) is 9.78 Å². The Morgan fingerprint density at radius 2 is 2.24 bits per heavy atom. The topological polar surface area (TPSA) is 92.4 Å². The molecular formula is C11H16N2O4. The maximum atomic E-state index is 11.7. The Morgan fingerprint density at radius 1 is 1.59 bits per heavy atom. The zero-order valence-corrected chi connectivity index (χ0v) is 10.1. The van der Waals surface area contributed by atoms with Gasteiger partial charge < -0.3 is 14.8 Å². The minimum atomic E-state index is -1.05. The summed E-state index contributed by atoms with van der Waals surface area (Å²) in [5.74, 6) is -1.37. The molecular weight excluding hydrogens is 224 g/mol. The molecule has 0 aliphatic carbocycles. The number of aromatic nitrogens is 1. The van der Waals surface area contributed by atoms with Crippen molar-refractivity contribution in [2.45, 2.75) is 33.2 Å². The lowest BCUT2D eigenvalue weighted by molar-refractivity contribution is -0.140. The summed E-state index contributed by atoms with van der Waals surface area (Å²) in [6, 6.07) is -0.919. The first-order valence-corrected chi connectivity index (χ1v) is 5.41. The van der Waals surface area contributed by atoms with E-state index in [0.29, 0.717) is 12.3 Å². The van der Waals surface area contributed by atoms with E-state index in [4.69, 9.17) is 9.52 Å². The Bertz CT molecular complexity index is 413. The molecule has 6 nitrogen and oxygen atoms in total. The van der Waals surface area contributed by atoms with Gasteiger partial charge in [-0.2, -0.15) is 0 Å². The van der Waals surface area contributed by atoms with Crippen molar-refractivity contribution >= 4 is 11.9 Å². The fraction of sp³-hybridized carbons (Fsp3) is 0.545. The van der Waals surface area contributed by atoms with Crippen LogP contribution in [0.25, 0.3) is 0 Å². The van der Waals surface area contributed by atoms with E-state index >= 15 is 0 Å². The van der Waals surface area contributed by atoms with Crippen LogP contribution in [0.1, 0.15) is 36.7 Å². The molecule has 0 unspecified atom stereocenters. The third-order valence-corrected chi connectivity index (χ3v) is 2.61. The van der Waals surface area contributed by atoms with Crippen LogP contribution in [-0.2, 0) is 4.79 Å². The molecule has 1 aromatic heterocycles. The van der Waals surface area contributed by atoms with Gasteiger partial charge in [0.05, 0.1) is 6.20 Å². The number of aliphatic carboxylic acids is 1. The molecule has 6 heteroatoms. The van der Waals surface area contributed by atoms with Crippen molar-refractivity contribution < 1.29 is 19.1 Å². The average Bonchev–Trinajstić information content (AvgIpc) is 2.71. The van der Waals surface area contributed by atoms with Crippen LogP contribution in [0.4, 0.5) is 0 Å². The number of carboxylic acids is 1. The first-order chi connectivity index (χ1) is 7.95. The second-order valence-corrected chi connectivity index (χ2v) is 3.92. The van der Waals surface area contributed by atoms with E-state index in [1.807, 2.05) is 6.92 Å². The van der Waals surface area contributed by atoms with Gasteiger partial charge in [-0.1, -0.05) is 20.3 Å². The van der Waals surface area contributed by atoms with Crippen LogP contribution in [0, 0.1) is 12.8 Å². The quantitative estimate of drug-likeness (QED) is 0.807. The largest absolute Gasteiger partial charge is 0.480 e. The van der Waals surface area contributed by atoms with E-state index < -0.39 is 17.9 Å². The molecule has 0 fully saturated rings. The molecule has 0 saturated heterocycles. The number of hydrogen-bond donors (Lipinski definition) is 2. The molecule has 0 aliphatic heterocycles. The lowest BCUT2D eigenvalue weighted by atomic mass is 9.99. The maximum absolute atomic E-state index is 11.7. The van der Waals surface area contributed by atoms with E-state index in [-0.39, 0.29) is 11.7 Å². The summed E-state index contributed by atoms with van der Waals surface area (Å²) < 4.78 is 5.02. The fourth-order valence-electron chi connectivity index (χ4n) is 1.36. The summed E-state index contributed by atoms with van der Waals surface area (Å²) >= 11 is 0. The van der Waals surface area contributed by atoms with Gasteiger partial charge in [0, 0.05) is 6.92 Å². The summed E-state index contributed by atoms with van der Waals surface area (Å²) in [5, 5.41) is 11.4. The summed E-state index contributed by atoms with van der Waals surface area (Å²) in [4.78, 5) is 26.5. The molecule has 0 spiro atoms. The monoisotopic (exact) mass is 240 g/mol. The third-order valence-electron chi connectivity index (χ3n) is 2.61. The molecule has 2 N–H and O–H groups in total. The number of rotatable bonds is 5. The van der Waals surface area contributed by atoms with Gasteiger partial charge in [-0.05, 0) is 5.92 Å². The van der Waals surface area contributed by atoms with E-state index in [9.17, 15) is 9.59 Å². The summed E-state index contributed by atoms with van der Waals surface area (Å²) in [7, 11) is 0. The zero-order valence-electron chi connectivity index (χ0n) is 10.1. The van der Waals surface area contributed by atoms with Crippen LogP contribution in [0.2, 0.25) is 0 Å². The minimum absolute atomic E-state index is 0.0250. The molecule has 1 heterocycles. The smallest absolute Gasteiger partial charge is 0.326 e. The number of oxazole rings is 1. The highest BCUT2D eigenvalue weighted by Crippen LogP contribution is 2.10. The number of carbonyl (C=O) groups excluding carboxylic acids is 1. The molecule has 0 bridgehead atoms. The second-order valence-electron chi connectivity index (χ2n) is 3.92. The fourth-order valence-corrected chi connectivity index (χ4v) is 1.36. The Kier molecular flexibility index (Phi) is 4.25. The standard InChI is InChI=1S/C11H16N2O4/c1-4-6(2)9(11(15)16)13-10(14)8-5-12-7(3)17-8/h5-6,9H,4H2,1-3H3,(H,13,14)(H,15,16)/t6-,9-/m0/s1. The van der Waals surface area contributed by atoms with Crippen LogP contribution >= 0.6 is 0 Å². The Morgan fingerprint density at radius 3 is 2.65 bits per heavy atom. The Hall–Kier alpha value is -1.85. The molecule has 0 aromatic carbocycles. The predicted octanol–water partition coefficient (Wildman–Crippen LogP) is 1.21. The Labute approximate surface area is 99.0 Å². The first-order valence-electron chi connectivity index (χ1n) is 5.41. The van der Waals surface area contributed by atoms with E-state index in [0.717, 1.165) is 0 Å². The zero-order chi connectivity index (χ0) is 13.0. The van der Waals surface area contributed by atoms with Crippen LogP contribution < -0.4 is 5.32 Å². The number of aryl methyl sites for hydroxylation is 1. The third kappa shape index (κ3) is 3.30. The van der Waals surface area contributed by atoms with Gasteiger partial charge >= 0.3 is 5.97 Å². The summed E-state index contributed by atoms with van der Waals surface area (Å²) in [5.41, 5.74) is 0. The van der Waals surface area contributed by atoms with Crippen molar-refractivity contribution in [1.82, 2.24) is 10.3 Å². The summed E-state index contributed by atoms with van der Waals surface area (Å²) in [6.45, 7) is 5.25. The molecule has 17 heavy (non-hydrogen) atoms. The van der Waals surface area contributed by atoms with E-state index in [2.05, 4.69) is 10.3 Å². The first kappa shape index (κ1) is 13.2. The number of amides is 1. The SMILES string of the molecule is CC[C@H](C)[C@H](NC(=O)c1cnc(C)o1)C(=O)O. The highest BCUT2D eigenvalue weighted by atomic mass is 16.4. The van der Waals surface area contributed by atoms with Crippen molar-refractivity contribution in [2.24, 2.45) is 5.92 Å². The van der Waals surface area contributed by atoms with Crippen LogP contribution in [-0.4, -0.2) is 28.0 Å². The second kappa shape index (κ2) is 5.47. The number of nitrogens with one attached hydrogen (secondary N) is 1. The van der Waals surface area contributed by atoms with Gasteiger partial charge in [-0.15, -0.1) is 0 Å². The van der Waals surface area contributed by atoms with E-state index in [1.54, 1.807) is 13.8 Å². The Balaban J connectivity index is 2.74. The molecule has 0 radical (unpaired) electrons. The maximum Gasteiger partial charge on any atom is 0.326 e. The van der Waals surface area contributed by atoms with Gasteiger partial charge in [-0.3, -0.25) is 4.79 Å². The molecule has 94 valence electrons. The lowest BCUT2D eigenvalue weighted by Gasteiger charge is -2.19. The van der Waals surface area contributed by atoms with Crippen LogP contribution in [0.5, 0.6) is 0 Å². The van der Waals surface area contributed by atoms with Gasteiger partial charge in [0.2, 0.25) is 5.76 Å². The number of carbonyl (C=O) groups is 2. The predicted molar refractivity (Wildman–Crippen MR) is 59.6 cm³/mol. The van der Waals surface area contributed by atoms with E-state index in [1.165, 1.54) is 6.20 Å².